The Morgan fingerprint density at radius 3 is 2.53 bits per heavy atom. The molecule has 0 unspecified atom stereocenters. The van der Waals surface area contributed by atoms with Crippen LogP contribution in [0.3, 0.4) is 0 Å². The lowest BCUT2D eigenvalue weighted by Crippen LogP contribution is -2.24. The topological polar surface area (TPSA) is 43.4 Å². The van der Waals surface area contributed by atoms with Gasteiger partial charge in [-0.05, 0) is 31.9 Å². The lowest BCUT2D eigenvalue weighted by atomic mass is 9.87. The number of allylic oxidation sites excluding steroid dienone is 3. The minimum Gasteiger partial charge on any atom is -0.453 e. The van der Waals surface area contributed by atoms with Crippen molar-refractivity contribution in [3.8, 4) is 0 Å². The molecule has 0 aromatic heterocycles. The van der Waals surface area contributed by atoms with Gasteiger partial charge in [-0.25, -0.2) is 4.79 Å². The molecule has 3 rings (SSSR count). The van der Waals surface area contributed by atoms with Crippen LogP contribution in [0.5, 0.6) is 0 Å². The van der Waals surface area contributed by atoms with Gasteiger partial charge in [0.2, 0.25) is 5.78 Å². The van der Waals surface area contributed by atoms with Crippen molar-refractivity contribution in [3.63, 3.8) is 0 Å². The summed E-state index contributed by atoms with van der Waals surface area (Å²) in [5.41, 5.74) is 3.79. The average molecular weight is 277 g/mol. The predicted octanol–water partition coefficient (Wildman–Crippen LogP) is 2.83. The Morgan fingerprint density at radius 2 is 1.84 bits per heavy atom. The molecule has 0 saturated heterocycles. The molecule has 19 heavy (non-hydrogen) atoms. The van der Waals surface area contributed by atoms with Crippen LogP contribution < -0.4 is 0 Å². The second-order valence-corrected chi connectivity index (χ2v) is 5.52. The van der Waals surface area contributed by atoms with Crippen LogP contribution in [0.2, 0.25) is 0 Å². The summed E-state index contributed by atoms with van der Waals surface area (Å²) < 4.78 is 5.44. The molecule has 0 saturated carbocycles. The number of hydrogen-bond donors (Lipinski definition) is 0. The fraction of sp³-hybridized carbons (Fsp3) is 0.333. The van der Waals surface area contributed by atoms with Crippen molar-refractivity contribution < 1.29 is 14.3 Å². The Morgan fingerprint density at radius 1 is 1.16 bits per heavy atom. The maximum Gasteiger partial charge on any atom is 0.334 e. The number of rotatable bonds is 0. The van der Waals surface area contributed by atoms with Crippen LogP contribution in [0.25, 0.3) is 0 Å². The fourth-order valence-corrected chi connectivity index (χ4v) is 3.18. The van der Waals surface area contributed by atoms with Crippen LogP contribution in [0.4, 0.5) is 0 Å². The van der Waals surface area contributed by atoms with E-state index in [1.54, 1.807) is 6.92 Å². The molecule has 0 aromatic rings. The number of ketones is 1. The van der Waals surface area contributed by atoms with Crippen molar-refractivity contribution in [2.75, 3.05) is 0 Å². The van der Waals surface area contributed by atoms with Crippen LogP contribution in [-0.2, 0) is 14.3 Å². The van der Waals surface area contributed by atoms with E-state index >= 15 is 0 Å². The number of carbonyl (C=O) groups excluding carboxylic acids is 2. The maximum atomic E-state index is 12.2. The molecular weight excluding hydrogens is 264 g/mol. The summed E-state index contributed by atoms with van der Waals surface area (Å²) in [5, 5.41) is 0.259. The highest BCUT2D eigenvalue weighted by Crippen LogP contribution is 2.46. The monoisotopic (exact) mass is 276 g/mol. The number of fused-ring (bicyclic) bond motifs is 3. The van der Waals surface area contributed by atoms with Crippen molar-refractivity contribution in [1.82, 2.24) is 0 Å². The summed E-state index contributed by atoms with van der Waals surface area (Å²) >= 11 is 6.08. The fourth-order valence-electron chi connectivity index (χ4n) is 2.96. The van der Waals surface area contributed by atoms with Gasteiger partial charge in [0.25, 0.3) is 0 Å². The van der Waals surface area contributed by atoms with Crippen LogP contribution in [0, 0.1) is 5.92 Å². The SMILES string of the molecule is CC1=C2C(=O)C(Cl)=C(C)[C@@H]2[C@H]2OC(=O)C(C)=C2C=C1. The smallest absolute Gasteiger partial charge is 0.334 e. The van der Waals surface area contributed by atoms with Gasteiger partial charge in [0.1, 0.15) is 6.10 Å². The van der Waals surface area contributed by atoms with Crippen molar-refractivity contribution in [1.29, 1.82) is 0 Å². The molecule has 98 valence electrons. The summed E-state index contributed by atoms with van der Waals surface area (Å²) in [6.45, 7) is 5.47. The Hall–Kier alpha value is -1.61. The van der Waals surface area contributed by atoms with Crippen LogP contribution in [0.1, 0.15) is 20.8 Å². The van der Waals surface area contributed by atoms with Gasteiger partial charge >= 0.3 is 5.97 Å². The number of esters is 1. The van der Waals surface area contributed by atoms with Crippen LogP contribution in [-0.4, -0.2) is 17.9 Å². The predicted molar refractivity (Wildman–Crippen MR) is 71.5 cm³/mol. The quantitative estimate of drug-likeness (QED) is 0.639. The molecule has 4 heteroatoms. The minimum atomic E-state index is -0.420. The molecule has 1 aliphatic heterocycles. The van der Waals surface area contributed by atoms with Gasteiger partial charge in [0, 0.05) is 16.7 Å². The van der Waals surface area contributed by atoms with Crippen molar-refractivity contribution in [3.05, 3.63) is 45.0 Å². The lowest BCUT2D eigenvalue weighted by Gasteiger charge is -2.21. The third-order valence-electron chi connectivity index (χ3n) is 4.09. The zero-order valence-electron chi connectivity index (χ0n) is 10.9. The summed E-state index contributed by atoms with van der Waals surface area (Å²) in [6, 6.07) is 0. The van der Waals surface area contributed by atoms with E-state index in [0.717, 1.165) is 16.7 Å². The van der Waals surface area contributed by atoms with Crippen LogP contribution >= 0.6 is 11.6 Å². The first-order valence-electron chi connectivity index (χ1n) is 6.15. The number of halogens is 1. The van der Waals surface area contributed by atoms with Crippen molar-refractivity contribution >= 4 is 23.4 Å². The van der Waals surface area contributed by atoms with Gasteiger partial charge in [-0.3, -0.25) is 4.79 Å². The van der Waals surface area contributed by atoms with Crippen molar-refractivity contribution in [2.45, 2.75) is 26.9 Å². The van der Waals surface area contributed by atoms with E-state index in [9.17, 15) is 9.59 Å². The Balaban J connectivity index is 2.23. The van der Waals surface area contributed by atoms with E-state index in [-0.39, 0.29) is 22.7 Å². The number of carbonyl (C=O) groups is 2. The Kier molecular flexibility index (Phi) is 2.58. The highest BCUT2D eigenvalue weighted by atomic mass is 35.5. The Labute approximate surface area is 116 Å². The van der Waals surface area contributed by atoms with Gasteiger partial charge < -0.3 is 4.74 Å². The lowest BCUT2D eigenvalue weighted by molar-refractivity contribution is -0.140. The summed E-state index contributed by atoms with van der Waals surface area (Å²) in [7, 11) is 0. The average Bonchev–Trinajstić information content (AvgIpc) is 2.70. The maximum absolute atomic E-state index is 12.2. The van der Waals surface area contributed by atoms with Gasteiger partial charge in [-0.1, -0.05) is 23.8 Å². The molecule has 0 spiro atoms. The van der Waals surface area contributed by atoms with E-state index in [2.05, 4.69) is 0 Å². The molecule has 3 nitrogen and oxygen atoms in total. The summed E-state index contributed by atoms with van der Waals surface area (Å²) in [6.07, 6.45) is 3.32. The minimum absolute atomic E-state index is 0.145. The van der Waals surface area contributed by atoms with E-state index < -0.39 is 6.10 Å². The second kappa shape index (κ2) is 3.94. The van der Waals surface area contributed by atoms with E-state index in [0.29, 0.717) is 11.1 Å². The molecule has 0 N–H and O–H groups in total. The molecule has 1 heterocycles. The third kappa shape index (κ3) is 1.51. The molecule has 2 aliphatic carbocycles. The first-order chi connectivity index (χ1) is 8.93. The van der Waals surface area contributed by atoms with Gasteiger partial charge in [-0.2, -0.15) is 0 Å². The molecule has 3 aliphatic rings. The number of ether oxygens (including phenoxy) is 1. The molecular formula is C15H13ClO3. The largest absolute Gasteiger partial charge is 0.453 e. The molecule has 0 fully saturated rings. The third-order valence-corrected chi connectivity index (χ3v) is 4.56. The summed E-state index contributed by atoms with van der Waals surface area (Å²) in [5.74, 6) is -0.702. The highest BCUT2D eigenvalue weighted by molar-refractivity contribution is 6.47. The molecule has 0 radical (unpaired) electrons. The van der Waals surface area contributed by atoms with Crippen molar-refractivity contribution in [2.24, 2.45) is 5.92 Å². The van der Waals surface area contributed by atoms with Gasteiger partial charge in [-0.15, -0.1) is 0 Å². The summed E-state index contributed by atoms with van der Waals surface area (Å²) in [4.78, 5) is 24.0. The first-order valence-corrected chi connectivity index (χ1v) is 6.53. The van der Waals surface area contributed by atoms with E-state index in [1.807, 2.05) is 26.0 Å². The Bertz CT molecular complexity index is 646. The van der Waals surface area contributed by atoms with E-state index in [4.69, 9.17) is 16.3 Å². The van der Waals surface area contributed by atoms with Crippen LogP contribution in [0.15, 0.2) is 45.0 Å². The van der Waals surface area contributed by atoms with Gasteiger partial charge in [0.05, 0.1) is 11.0 Å². The van der Waals surface area contributed by atoms with Gasteiger partial charge in [0.15, 0.2) is 0 Å². The number of hydrogen-bond acceptors (Lipinski definition) is 3. The zero-order valence-corrected chi connectivity index (χ0v) is 11.7. The normalized spacial score (nSPS) is 29.9. The highest BCUT2D eigenvalue weighted by Gasteiger charge is 2.46. The van der Waals surface area contributed by atoms with E-state index in [1.165, 1.54) is 0 Å². The first kappa shape index (κ1) is 12.4. The molecule has 0 aromatic carbocycles. The second-order valence-electron chi connectivity index (χ2n) is 5.14. The molecule has 2 atom stereocenters. The standard InChI is InChI=1S/C15H13ClO3/c1-6-4-5-9-7(2)15(18)19-14(9)11-8(3)12(16)13(17)10(6)11/h4-5,11,14H,1-3H3/t11-,14-/m0/s1. The molecule has 0 amide bonds. The molecule has 0 bridgehead atoms. The number of Topliss-reactive ketones (excluding diaryl/α,β-unsaturated/α-hetero) is 1. The zero-order chi connectivity index (χ0) is 13.9.